The van der Waals surface area contributed by atoms with Crippen molar-refractivity contribution in [2.75, 3.05) is 14.1 Å². The number of amides is 1. The number of carbonyl (C=O) groups is 1. The van der Waals surface area contributed by atoms with Crippen molar-refractivity contribution in [1.82, 2.24) is 9.88 Å². The van der Waals surface area contributed by atoms with Crippen molar-refractivity contribution in [3.63, 3.8) is 0 Å². The minimum atomic E-state index is -0.558. The zero-order valence-corrected chi connectivity index (χ0v) is 17.4. The summed E-state index contributed by atoms with van der Waals surface area (Å²) in [5.41, 5.74) is 4.53. The molecule has 0 spiro atoms. The number of benzene rings is 3. The molecule has 3 aromatic carbocycles. The van der Waals surface area contributed by atoms with Gasteiger partial charge in [0, 0.05) is 19.7 Å². The summed E-state index contributed by atoms with van der Waals surface area (Å²) in [5.74, 6) is 0.584. The Morgan fingerprint density at radius 2 is 1.40 bits per heavy atom. The number of carbonyl (C=O) groups excluding carboxylic acids is 1. The fourth-order valence-corrected chi connectivity index (χ4v) is 3.67. The van der Waals surface area contributed by atoms with Gasteiger partial charge in [-0.2, -0.15) is 0 Å². The SMILES string of the molecule is Cc1oc(-c2ccccc2)nc1C(C(=O)N(C)C)c1ccccc1-c1ccccc1. The Bertz CT molecular complexity index is 1150. The van der Waals surface area contributed by atoms with E-state index in [0.29, 0.717) is 17.3 Å². The van der Waals surface area contributed by atoms with Gasteiger partial charge in [0.1, 0.15) is 11.7 Å². The predicted octanol–water partition coefficient (Wildman–Crippen LogP) is 5.54. The number of aryl methyl sites for hydroxylation is 1. The van der Waals surface area contributed by atoms with Gasteiger partial charge in [0.2, 0.25) is 11.8 Å². The minimum Gasteiger partial charge on any atom is -0.441 e. The zero-order valence-electron chi connectivity index (χ0n) is 17.4. The lowest BCUT2D eigenvalue weighted by Crippen LogP contribution is -2.30. The van der Waals surface area contributed by atoms with Crippen molar-refractivity contribution in [3.8, 4) is 22.6 Å². The zero-order chi connectivity index (χ0) is 21.1. The van der Waals surface area contributed by atoms with Crippen LogP contribution in [0.4, 0.5) is 0 Å². The molecule has 1 amide bonds. The van der Waals surface area contributed by atoms with Gasteiger partial charge in [0.05, 0.1) is 5.69 Å². The molecule has 0 bridgehead atoms. The van der Waals surface area contributed by atoms with E-state index < -0.39 is 5.92 Å². The maximum atomic E-state index is 13.4. The van der Waals surface area contributed by atoms with E-state index in [2.05, 4.69) is 12.1 Å². The largest absolute Gasteiger partial charge is 0.441 e. The van der Waals surface area contributed by atoms with Crippen LogP contribution in [0, 0.1) is 6.92 Å². The van der Waals surface area contributed by atoms with Crippen LogP contribution in [-0.2, 0) is 4.79 Å². The molecule has 0 radical (unpaired) electrons. The Kier molecular flexibility index (Phi) is 5.48. The van der Waals surface area contributed by atoms with Gasteiger partial charge in [-0.3, -0.25) is 4.79 Å². The third-order valence-corrected chi connectivity index (χ3v) is 5.17. The molecule has 0 saturated carbocycles. The van der Waals surface area contributed by atoms with Gasteiger partial charge in [-0.15, -0.1) is 0 Å². The van der Waals surface area contributed by atoms with Crippen LogP contribution in [0.15, 0.2) is 89.3 Å². The topological polar surface area (TPSA) is 46.3 Å². The minimum absolute atomic E-state index is 0.0330. The molecule has 4 rings (SSSR count). The number of hydrogen-bond donors (Lipinski definition) is 0. The maximum absolute atomic E-state index is 13.4. The van der Waals surface area contributed by atoms with Gasteiger partial charge < -0.3 is 9.32 Å². The molecule has 0 N–H and O–H groups in total. The fourth-order valence-electron chi connectivity index (χ4n) is 3.67. The highest BCUT2D eigenvalue weighted by Crippen LogP contribution is 2.36. The van der Waals surface area contributed by atoms with Crippen LogP contribution >= 0.6 is 0 Å². The lowest BCUT2D eigenvalue weighted by Gasteiger charge is -2.22. The molecule has 1 aromatic heterocycles. The summed E-state index contributed by atoms with van der Waals surface area (Å²) >= 11 is 0. The van der Waals surface area contributed by atoms with Crippen molar-refractivity contribution < 1.29 is 9.21 Å². The van der Waals surface area contributed by atoms with Crippen molar-refractivity contribution in [3.05, 3.63) is 102 Å². The van der Waals surface area contributed by atoms with Crippen molar-refractivity contribution >= 4 is 5.91 Å². The monoisotopic (exact) mass is 396 g/mol. The van der Waals surface area contributed by atoms with E-state index in [1.807, 2.05) is 79.7 Å². The second-order valence-electron chi connectivity index (χ2n) is 7.45. The molecule has 4 aromatic rings. The second-order valence-corrected chi connectivity index (χ2v) is 7.45. The first-order valence-electron chi connectivity index (χ1n) is 9.94. The lowest BCUT2D eigenvalue weighted by molar-refractivity contribution is -0.129. The molecule has 0 saturated heterocycles. The average Bonchev–Trinajstić information content (AvgIpc) is 3.16. The molecule has 0 aliphatic heterocycles. The quantitative estimate of drug-likeness (QED) is 0.445. The molecule has 4 nitrogen and oxygen atoms in total. The van der Waals surface area contributed by atoms with E-state index in [9.17, 15) is 4.79 Å². The average molecular weight is 396 g/mol. The van der Waals surface area contributed by atoms with Crippen LogP contribution in [0.3, 0.4) is 0 Å². The van der Waals surface area contributed by atoms with Gasteiger partial charge in [0.25, 0.3) is 0 Å². The van der Waals surface area contributed by atoms with Crippen molar-refractivity contribution in [1.29, 1.82) is 0 Å². The molecular formula is C26H24N2O2. The molecule has 30 heavy (non-hydrogen) atoms. The summed E-state index contributed by atoms with van der Waals surface area (Å²) in [7, 11) is 3.54. The Labute approximate surface area is 176 Å². The molecule has 1 heterocycles. The molecular weight excluding hydrogens is 372 g/mol. The van der Waals surface area contributed by atoms with Crippen LogP contribution in [-0.4, -0.2) is 29.9 Å². The van der Waals surface area contributed by atoms with Gasteiger partial charge >= 0.3 is 0 Å². The Balaban J connectivity index is 1.89. The van der Waals surface area contributed by atoms with E-state index in [1.165, 1.54) is 0 Å². The smallest absolute Gasteiger partial charge is 0.235 e. The number of nitrogens with zero attached hydrogens (tertiary/aromatic N) is 2. The highest BCUT2D eigenvalue weighted by Gasteiger charge is 2.32. The molecule has 1 unspecified atom stereocenters. The van der Waals surface area contributed by atoms with E-state index in [0.717, 1.165) is 22.3 Å². The van der Waals surface area contributed by atoms with Gasteiger partial charge in [-0.1, -0.05) is 72.8 Å². The van der Waals surface area contributed by atoms with Crippen LogP contribution < -0.4 is 0 Å². The maximum Gasteiger partial charge on any atom is 0.235 e. The second kappa shape index (κ2) is 8.37. The summed E-state index contributed by atoms with van der Waals surface area (Å²) < 4.78 is 6.00. The van der Waals surface area contributed by atoms with Crippen molar-refractivity contribution in [2.24, 2.45) is 0 Å². The van der Waals surface area contributed by atoms with Crippen LogP contribution in [0.1, 0.15) is 22.9 Å². The van der Waals surface area contributed by atoms with Crippen LogP contribution in [0.25, 0.3) is 22.6 Å². The fraction of sp³-hybridized carbons (Fsp3) is 0.154. The first-order valence-corrected chi connectivity index (χ1v) is 9.94. The number of likely N-dealkylation sites (N-methyl/N-ethyl adjacent to an activating group) is 1. The lowest BCUT2D eigenvalue weighted by atomic mass is 9.87. The summed E-state index contributed by atoms with van der Waals surface area (Å²) in [5, 5.41) is 0. The standard InChI is InChI=1S/C26H24N2O2/c1-18-24(27-25(30-18)20-14-8-5-9-15-20)23(26(29)28(2)3)22-17-11-10-16-21(22)19-12-6-4-7-13-19/h4-17,23H,1-3H3. The van der Waals surface area contributed by atoms with E-state index in [1.54, 1.807) is 19.0 Å². The highest BCUT2D eigenvalue weighted by atomic mass is 16.4. The van der Waals surface area contributed by atoms with Gasteiger partial charge in [0.15, 0.2) is 0 Å². The molecule has 1 atom stereocenters. The van der Waals surface area contributed by atoms with Crippen LogP contribution in [0.2, 0.25) is 0 Å². The third-order valence-electron chi connectivity index (χ3n) is 5.17. The Hall–Kier alpha value is -3.66. The van der Waals surface area contributed by atoms with Gasteiger partial charge in [-0.05, 0) is 35.7 Å². The number of aromatic nitrogens is 1. The summed E-state index contributed by atoms with van der Waals surface area (Å²) in [6, 6.07) is 27.9. The highest BCUT2D eigenvalue weighted by molar-refractivity contribution is 5.89. The predicted molar refractivity (Wildman–Crippen MR) is 119 cm³/mol. The van der Waals surface area contributed by atoms with Gasteiger partial charge in [-0.25, -0.2) is 4.98 Å². The number of oxazole rings is 1. The molecule has 150 valence electrons. The van der Waals surface area contributed by atoms with E-state index in [-0.39, 0.29) is 5.91 Å². The Morgan fingerprint density at radius 1 is 0.833 bits per heavy atom. The first kappa shape index (κ1) is 19.6. The molecule has 0 aliphatic carbocycles. The molecule has 0 fully saturated rings. The summed E-state index contributed by atoms with van der Waals surface area (Å²) in [6.07, 6.45) is 0. The molecule has 0 aliphatic rings. The van der Waals surface area contributed by atoms with E-state index in [4.69, 9.17) is 9.40 Å². The molecule has 4 heteroatoms. The summed E-state index contributed by atoms with van der Waals surface area (Å²) in [6.45, 7) is 1.87. The number of hydrogen-bond acceptors (Lipinski definition) is 3. The Morgan fingerprint density at radius 3 is 2.03 bits per heavy atom. The summed E-state index contributed by atoms with van der Waals surface area (Å²) in [4.78, 5) is 19.8. The van der Waals surface area contributed by atoms with E-state index >= 15 is 0 Å². The third kappa shape index (κ3) is 3.77. The van der Waals surface area contributed by atoms with Crippen LogP contribution in [0.5, 0.6) is 0 Å². The first-order chi connectivity index (χ1) is 14.6. The normalized spacial score (nSPS) is 11.8. The van der Waals surface area contributed by atoms with Crippen molar-refractivity contribution in [2.45, 2.75) is 12.8 Å². The number of rotatable bonds is 5.